The van der Waals surface area contributed by atoms with Gasteiger partial charge < -0.3 is 9.64 Å². The highest BCUT2D eigenvalue weighted by molar-refractivity contribution is 5.88. The first-order chi connectivity index (χ1) is 8.72. The normalized spacial score (nSPS) is 26.2. The molecule has 0 aliphatic carbocycles. The van der Waals surface area contributed by atoms with E-state index < -0.39 is 0 Å². The molecule has 0 saturated carbocycles. The largest absolute Gasteiger partial charge is 0.379 e. The molecule has 1 atom stereocenters. The van der Waals surface area contributed by atoms with Gasteiger partial charge in [0.1, 0.15) is 6.04 Å². The molecule has 0 radical (unpaired) electrons. The molecule has 6 heteroatoms. The van der Waals surface area contributed by atoms with Crippen molar-refractivity contribution in [3.63, 3.8) is 0 Å². The summed E-state index contributed by atoms with van der Waals surface area (Å²) in [6.07, 6.45) is 2.13. The predicted molar refractivity (Wildman–Crippen MR) is 65.6 cm³/mol. The minimum absolute atomic E-state index is 0.0631. The van der Waals surface area contributed by atoms with Gasteiger partial charge in [0.2, 0.25) is 5.91 Å². The molecule has 0 spiro atoms. The van der Waals surface area contributed by atoms with Gasteiger partial charge in [-0.3, -0.25) is 15.0 Å². The first-order valence-corrected chi connectivity index (χ1v) is 6.65. The zero-order valence-corrected chi connectivity index (χ0v) is 10.9. The topological polar surface area (TPSA) is 61.9 Å². The number of amides is 2. The molecule has 0 aromatic heterocycles. The Balaban J connectivity index is 1.91. The molecule has 0 unspecified atom stereocenters. The Kier molecular flexibility index (Phi) is 4.54. The van der Waals surface area contributed by atoms with E-state index in [1.54, 1.807) is 4.90 Å². The van der Waals surface area contributed by atoms with E-state index in [0.717, 1.165) is 12.8 Å². The molecule has 2 saturated heterocycles. The van der Waals surface area contributed by atoms with Crippen molar-refractivity contribution in [1.29, 1.82) is 0 Å². The Labute approximate surface area is 107 Å². The van der Waals surface area contributed by atoms with Gasteiger partial charge in [0.15, 0.2) is 0 Å². The maximum Gasteiger partial charge on any atom is 0.257 e. The van der Waals surface area contributed by atoms with E-state index in [4.69, 9.17) is 4.74 Å². The highest BCUT2D eigenvalue weighted by Gasteiger charge is 2.32. The molecule has 2 rings (SSSR count). The first kappa shape index (κ1) is 13.3. The standard InChI is InChI=1S/C12H21N3O3/c1-2-15-10(4-3-5-11(15)16)12(17)13-14-6-8-18-9-7-14/h10H,2-9H2,1H3,(H,13,17)/t10-/m0/s1. The SMILES string of the molecule is CCN1C(=O)CCC[C@H]1C(=O)NN1CCOCC1. The first-order valence-electron chi connectivity index (χ1n) is 6.65. The number of carbonyl (C=O) groups is 2. The summed E-state index contributed by atoms with van der Waals surface area (Å²) in [5, 5.41) is 1.87. The second-order valence-electron chi connectivity index (χ2n) is 4.66. The number of hydrazine groups is 1. The van der Waals surface area contributed by atoms with Crippen LogP contribution >= 0.6 is 0 Å². The molecule has 2 fully saturated rings. The average molecular weight is 255 g/mol. The minimum Gasteiger partial charge on any atom is -0.379 e. The number of likely N-dealkylation sites (N-methyl/N-ethyl adjacent to an activating group) is 1. The van der Waals surface area contributed by atoms with Gasteiger partial charge in [-0.15, -0.1) is 0 Å². The molecule has 102 valence electrons. The van der Waals surface area contributed by atoms with Crippen LogP contribution < -0.4 is 5.43 Å². The summed E-state index contributed by atoms with van der Waals surface area (Å²) in [6, 6.07) is -0.306. The molecule has 2 amide bonds. The molecule has 0 aromatic rings. The lowest BCUT2D eigenvalue weighted by Gasteiger charge is -2.36. The van der Waals surface area contributed by atoms with Gasteiger partial charge in [0, 0.05) is 26.1 Å². The van der Waals surface area contributed by atoms with Crippen molar-refractivity contribution >= 4 is 11.8 Å². The Morgan fingerprint density at radius 3 is 2.83 bits per heavy atom. The summed E-state index contributed by atoms with van der Waals surface area (Å²) in [4.78, 5) is 25.6. The molecule has 2 aliphatic heterocycles. The number of piperidine rings is 1. The number of hydrogen-bond acceptors (Lipinski definition) is 4. The number of carbonyl (C=O) groups excluding carboxylic acids is 2. The van der Waals surface area contributed by atoms with Crippen LogP contribution in [-0.2, 0) is 14.3 Å². The van der Waals surface area contributed by atoms with Crippen LogP contribution in [0.25, 0.3) is 0 Å². The lowest BCUT2D eigenvalue weighted by molar-refractivity contribution is -0.146. The molecular weight excluding hydrogens is 234 g/mol. The quantitative estimate of drug-likeness (QED) is 0.755. The second-order valence-corrected chi connectivity index (χ2v) is 4.66. The minimum atomic E-state index is -0.306. The summed E-state index contributed by atoms with van der Waals surface area (Å²) in [5.41, 5.74) is 2.89. The fraction of sp³-hybridized carbons (Fsp3) is 0.833. The third-order valence-corrected chi connectivity index (χ3v) is 3.49. The Morgan fingerprint density at radius 1 is 1.44 bits per heavy atom. The molecule has 0 bridgehead atoms. The number of morpholine rings is 1. The van der Waals surface area contributed by atoms with Crippen LogP contribution in [0.2, 0.25) is 0 Å². The van der Waals surface area contributed by atoms with Gasteiger partial charge in [0.05, 0.1) is 13.2 Å². The van der Waals surface area contributed by atoms with Crippen LogP contribution in [0.15, 0.2) is 0 Å². The predicted octanol–water partition coefficient (Wildman–Crippen LogP) is -0.249. The number of nitrogens with zero attached hydrogens (tertiary/aromatic N) is 2. The molecule has 0 aromatic carbocycles. The van der Waals surface area contributed by atoms with Crippen molar-refractivity contribution in [3.8, 4) is 0 Å². The van der Waals surface area contributed by atoms with Crippen molar-refractivity contribution in [2.75, 3.05) is 32.8 Å². The maximum absolute atomic E-state index is 12.2. The molecule has 18 heavy (non-hydrogen) atoms. The highest BCUT2D eigenvalue weighted by Crippen LogP contribution is 2.18. The van der Waals surface area contributed by atoms with Crippen LogP contribution in [0.3, 0.4) is 0 Å². The van der Waals surface area contributed by atoms with Gasteiger partial charge in [-0.2, -0.15) is 0 Å². The van der Waals surface area contributed by atoms with Crippen molar-refractivity contribution in [2.24, 2.45) is 0 Å². The van der Waals surface area contributed by atoms with E-state index >= 15 is 0 Å². The molecule has 6 nitrogen and oxygen atoms in total. The van der Waals surface area contributed by atoms with Gasteiger partial charge in [0.25, 0.3) is 5.91 Å². The van der Waals surface area contributed by atoms with Crippen LogP contribution in [0.5, 0.6) is 0 Å². The van der Waals surface area contributed by atoms with E-state index in [2.05, 4.69) is 5.43 Å². The third-order valence-electron chi connectivity index (χ3n) is 3.49. The molecule has 2 aliphatic rings. The van der Waals surface area contributed by atoms with Crippen LogP contribution in [0.1, 0.15) is 26.2 Å². The lowest BCUT2D eigenvalue weighted by Crippen LogP contribution is -2.57. The zero-order chi connectivity index (χ0) is 13.0. The smallest absolute Gasteiger partial charge is 0.257 e. The molecule has 1 N–H and O–H groups in total. The fourth-order valence-electron chi connectivity index (χ4n) is 2.49. The number of ether oxygens (including phenoxy) is 1. The van der Waals surface area contributed by atoms with Crippen LogP contribution in [0.4, 0.5) is 0 Å². The molecule has 2 heterocycles. The Bertz CT molecular complexity index is 316. The van der Waals surface area contributed by atoms with Crippen molar-refractivity contribution in [3.05, 3.63) is 0 Å². The summed E-state index contributed by atoms with van der Waals surface area (Å²) < 4.78 is 5.23. The van der Waals surface area contributed by atoms with E-state index in [9.17, 15) is 9.59 Å². The number of likely N-dealkylation sites (tertiary alicyclic amines) is 1. The fourth-order valence-corrected chi connectivity index (χ4v) is 2.49. The van der Waals surface area contributed by atoms with E-state index in [0.29, 0.717) is 39.3 Å². The van der Waals surface area contributed by atoms with Gasteiger partial charge in [-0.25, -0.2) is 5.01 Å². The Hall–Kier alpha value is -1.14. The van der Waals surface area contributed by atoms with E-state index in [-0.39, 0.29) is 17.9 Å². The lowest BCUT2D eigenvalue weighted by atomic mass is 10.0. The van der Waals surface area contributed by atoms with E-state index in [1.807, 2.05) is 11.9 Å². The third kappa shape index (κ3) is 3.00. The average Bonchev–Trinajstić information content (AvgIpc) is 2.39. The van der Waals surface area contributed by atoms with Gasteiger partial charge in [-0.1, -0.05) is 0 Å². The maximum atomic E-state index is 12.2. The van der Waals surface area contributed by atoms with Crippen LogP contribution in [0, 0.1) is 0 Å². The van der Waals surface area contributed by atoms with Crippen LogP contribution in [-0.4, -0.2) is 60.6 Å². The monoisotopic (exact) mass is 255 g/mol. The molecular formula is C12H21N3O3. The summed E-state index contributed by atoms with van der Waals surface area (Å²) in [6.45, 7) is 5.21. The summed E-state index contributed by atoms with van der Waals surface area (Å²) in [7, 11) is 0. The summed E-state index contributed by atoms with van der Waals surface area (Å²) >= 11 is 0. The van der Waals surface area contributed by atoms with E-state index in [1.165, 1.54) is 0 Å². The number of hydrogen-bond donors (Lipinski definition) is 1. The number of rotatable bonds is 3. The van der Waals surface area contributed by atoms with Gasteiger partial charge in [-0.05, 0) is 19.8 Å². The summed E-state index contributed by atoms with van der Waals surface area (Å²) in [5.74, 6) is 0.0256. The highest BCUT2D eigenvalue weighted by atomic mass is 16.5. The van der Waals surface area contributed by atoms with Crippen molar-refractivity contribution < 1.29 is 14.3 Å². The van der Waals surface area contributed by atoms with Crippen molar-refractivity contribution in [1.82, 2.24) is 15.3 Å². The number of nitrogens with one attached hydrogen (secondary N) is 1. The zero-order valence-electron chi connectivity index (χ0n) is 10.9. The second kappa shape index (κ2) is 6.15. The Morgan fingerprint density at radius 2 is 2.17 bits per heavy atom. The van der Waals surface area contributed by atoms with Crippen molar-refractivity contribution in [2.45, 2.75) is 32.2 Å². The van der Waals surface area contributed by atoms with Gasteiger partial charge >= 0.3 is 0 Å².